The highest BCUT2D eigenvalue weighted by molar-refractivity contribution is 7.17. The highest BCUT2D eigenvalue weighted by Crippen LogP contribution is 2.38. The van der Waals surface area contributed by atoms with E-state index in [4.69, 9.17) is 4.74 Å². The fourth-order valence-corrected chi connectivity index (χ4v) is 5.01. The highest BCUT2D eigenvalue weighted by Gasteiger charge is 2.28. The molecule has 1 heterocycles. The average molecular weight is 445 g/mol. The number of carboxylic acids is 1. The Kier molecular flexibility index (Phi) is 8.20. The van der Waals surface area contributed by atoms with Gasteiger partial charge in [0.1, 0.15) is 11.0 Å². The van der Waals surface area contributed by atoms with Gasteiger partial charge < -0.3 is 20.5 Å². The van der Waals surface area contributed by atoms with Crippen molar-refractivity contribution >= 4 is 34.2 Å². The van der Waals surface area contributed by atoms with Crippen molar-refractivity contribution in [2.24, 2.45) is 0 Å². The van der Waals surface area contributed by atoms with E-state index in [1.807, 2.05) is 30.3 Å². The lowest BCUT2D eigenvalue weighted by atomic mass is 9.95. The average Bonchev–Trinajstić information content (AvgIpc) is 3.11. The van der Waals surface area contributed by atoms with Crippen molar-refractivity contribution in [3.8, 4) is 0 Å². The van der Waals surface area contributed by atoms with Gasteiger partial charge in [-0.05, 0) is 56.7 Å². The number of hydrogen-bond acceptors (Lipinski definition) is 6. The number of nitrogens with one attached hydrogen (secondary N) is 2. The second-order valence-electron chi connectivity index (χ2n) is 7.47. The number of rotatable bonds is 10. The van der Waals surface area contributed by atoms with Gasteiger partial charge in [0.2, 0.25) is 5.91 Å². The number of hydrogen-bond donors (Lipinski definition) is 3. The Morgan fingerprint density at radius 2 is 1.90 bits per heavy atom. The van der Waals surface area contributed by atoms with E-state index in [9.17, 15) is 19.5 Å². The van der Waals surface area contributed by atoms with Crippen LogP contribution in [0.5, 0.6) is 0 Å². The monoisotopic (exact) mass is 444 g/mol. The minimum atomic E-state index is -1.08. The van der Waals surface area contributed by atoms with Crippen molar-refractivity contribution in [1.29, 1.82) is 0 Å². The van der Waals surface area contributed by atoms with Gasteiger partial charge in [-0.3, -0.25) is 9.59 Å². The number of fused-ring (bicyclic) bond motifs is 1. The molecular weight excluding hydrogens is 416 g/mol. The summed E-state index contributed by atoms with van der Waals surface area (Å²) >= 11 is 1.39. The first kappa shape index (κ1) is 23.0. The molecule has 1 aliphatic rings. The molecule has 0 aliphatic heterocycles. The van der Waals surface area contributed by atoms with E-state index in [0.717, 1.165) is 41.7 Å². The maximum absolute atomic E-state index is 12.6. The number of aliphatic carboxylic acids is 1. The quantitative estimate of drug-likeness (QED) is 0.485. The fraction of sp³-hybridized carbons (Fsp3) is 0.435. The summed E-state index contributed by atoms with van der Waals surface area (Å²) in [5.41, 5.74) is 2.48. The first-order valence-corrected chi connectivity index (χ1v) is 11.4. The molecule has 8 heteroatoms. The van der Waals surface area contributed by atoms with Crippen LogP contribution < -0.4 is 10.6 Å². The van der Waals surface area contributed by atoms with Gasteiger partial charge in [0, 0.05) is 4.88 Å². The highest BCUT2D eigenvalue weighted by atomic mass is 32.1. The standard InChI is InChI=1S/C23H28N2O5S/c1-2-30-23(29)20-16-10-6-7-11-18(16)31-21(20)25-19(26)14-17(22(27)28)24-13-12-15-8-4-3-5-9-15/h3-5,8-9,17,24H,2,6-7,10-14H2,1H3,(H,25,26)(H,27,28)/t17-/m1/s1. The van der Waals surface area contributed by atoms with Crippen LogP contribution in [0.2, 0.25) is 0 Å². The van der Waals surface area contributed by atoms with Crippen LogP contribution in [0.25, 0.3) is 0 Å². The van der Waals surface area contributed by atoms with Crippen LogP contribution in [0.15, 0.2) is 30.3 Å². The summed E-state index contributed by atoms with van der Waals surface area (Å²) in [4.78, 5) is 37.9. The lowest BCUT2D eigenvalue weighted by Gasteiger charge is -2.15. The van der Waals surface area contributed by atoms with Crippen molar-refractivity contribution in [3.05, 3.63) is 51.9 Å². The summed E-state index contributed by atoms with van der Waals surface area (Å²) < 4.78 is 5.20. The van der Waals surface area contributed by atoms with Crippen LogP contribution in [0.1, 0.15) is 52.5 Å². The van der Waals surface area contributed by atoms with Crippen LogP contribution in [0.3, 0.4) is 0 Å². The van der Waals surface area contributed by atoms with Gasteiger partial charge in [-0.2, -0.15) is 0 Å². The van der Waals surface area contributed by atoms with Crippen LogP contribution in [0, 0.1) is 0 Å². The Bertz CT molecular complexity index is 926. The number of amides is 1. The molecule has 0 unspecified atom stereocenters. The zero-order valence-corrected chi connectivity index (χ0v) is 18.4. The molecule has 3 N–H and O–H groups in total. The maximum atomic E-state index is 12.6. The molecule has 1 aromatic heterocycles. The van der Waals surface area contributed by atoms with Gasteiger partial charge in [-0.15, -0.1) is 11.3 Å². The number of benzene rings is 1. The molecule has 1 atom stereocenters. The number of carbonyl (C=O) groups excluding carboxylic acids is 2. The van der Waals surface area contributed by atoms with Crippen LogP contribution in [0.4, 0.5) is 5.00 Å². The normalized spacial score (nSPS) is 13.8. The van der Waals surface area contributed by atoms with Crippen LogP contribution in [-0.4, -0.2) is 42.1 Å². The van der Waals surface area contributed by atoms with Gasteiger partial charge in [-0.25, -0.2) is 4.79 Å². The number of aryl methyl sites for hydroxylation is 1. The van der Waals surface area contributed by atoms with Crippen LogP contribution >= 0.6 is 11.3 Å². The summed E-state index contributed by atoms with van der Waals surface area (Å²) in [5.74, 6) is -1.96. The van der Waals surface area contributed by atoms with E-state index < -0.39 is 23.9 Å². The molecule has 0 fully saturated rings. The first-order chi connectivity index (χ1) is 15.0. The third-order valence-corrected chi connectivity index (χ3v) is 6.45. The Morgan fingerprint density at radius 3 is 2.61 bits per heavy atom. The minimum absolute atomic E-state index is 0.227. The summed E-state index contributed by atoms with van der Waals surface area (Å²) in [6, 6.07) is 8.72. The Balaban J connectivity index is 1.64. The molecule has 1 amide bonds. The Labute approximate surface area is 185 Å². The lowest BCUT2D eigenvalue weighted by molar-refractivity contribution is -0.141. The molecule has 0 bridgehead atoms. The van der Waals surface area contributed by atoms with E-state index in [1.54, 1.807) is 6.92 Å². The number of anilines is 1. The number of esters is 1. The Morgan fingerprint density at radius 1 is 1.16 bits per heavy atom. The van der Waals surface area contributed by atoms with Gasteiger partial charge in [-0.1, -0.05) is 30.3 Å². The molecular formula is C23H28N2O5S. The second kappa shape index (κ2) is 11.1. The summed E-state index contributed by atoms with van der Waals surface area (Å²) in [7, 11) is 0. The largest absolute Gasteiger partial charge is 0.480 e. The van der Waals surface area contributed by atoms with Crippen molar-refractivity contribution < 1.29 is 24.2 Å². The fourth-order valence-electron chi connectivity index (χ4n) is 3.72. The zero-order chi connectivity index (χ0) is 22.2. The smallest absolute Gasteiger partial charge is 0.341 e. The van der Waals surface area contributed by atoms with Crippen LogP contribution in [-0.2, 0) is 33.6 Å². The molecule has 2 aromatic rings. The molecule has 0 radical (unpaired) electrons. The van der Waals surface area contributed by atoms with Crippen molar-refractivity contribution in [2.45, 2.75) is 51.5 Å². The Hall–Kier alpha value is -2.71. The van der Waals surface area contributed by atoms with E-state index >= 15 is 0 Å². The number of thiophene rings is 1. The van der Waals surface area contributed by atoms with Crippen molar-refractivity contribution in [3.63, 3.8) is 0 Å². The van der Waals surface area contributed by atoms with Gasteiger partial charge in [0.05, 0.1) is 18.6 Å². The second-order valence-corrected chi connectivity index (χ2v) is 8.57. The van der Waals surface area contributed by atoms with E-state index in [-0.39, 0.29) is 13.0 Å². The SMILES string of the molecule is CCOC(=O)c1c(NC(=O)C[C@@H](NCCc2ccccc2)C(=O)O)sc2c1CCCC2. The van der Waals surface area contributed by atoms with E-state index in [2.05, 4.69) is 10.6 Å². The number of carbonyl (C=O) groups is 3. The van der Waals surface area contributed by atoms with Crippen molar-refractivity contribution in [1.82, 2.24) is 5.32 Å². The molecule has 1 aromatic carbocycles. The number of ether oxygens (including phenoxy) is 1. The minimum Gasteiger partial charge on any atom is -0.480 e. The van der Waals surface area contributed by atoms with Crippen molar-refractivity contribution in [2.75, 3.05) is 18.5 Å². The predicted molar refractivity (Wildman–Crippen MR) is 120 cm³/mol. The maximum Gasteiger partial charge on any atom is 0.341 e. The lowest BCUT2D eigenvalue weighted by Crippen LogP contribution is -2.40. The topological polar surface area (TPSA) is 105 Å². The summed E-state index contributed by atoms with van der Waals surface area (Å²) in [6.45, 7) is 2.44. The molecule has 3 rings (SSSR count). The van der Waals surface area contributed by atoms with Gasteiger partial charge >= 0.3 is 11.9 Å². The molecule has 1 aliphatic carbocycles. The molecule has 0 saturated heterocycles. The summed E-state index contributed by atoms with van der Waals surface area (Å²) in [5, 5.41) is 15.7. The predicted octanol–water partition coefficient (Wildman–Crippen LogP) is 3.42. The molecule has 0 saturated carbocycles. The molecule has 7 nitrogen and oxygen atoms in total. The molecule has 31 heavy (non-hydrogen) atoms. The van der Waals surface area contributed by atoms with E-state index in [0.29, 0.717) is 23.5 Å². The molecule has 166 valence electrons. The first-order valence-electron chi connectivity index (χ1n) is 10.6. The summed E-state index contributed by atoms with van der Waals surface area (Å²) in [6.07, 6.45) is 4.15. The van der Waals surface area contributed by atoms with E-state index in [1.165, 1.54) is 11.3 Å². The number of carboxylic acid groups (broad SMARTS) is 1. The molecule has 0 spiro atoms. The third-order valence-electron chi connectivity index (χ3n) is 5.24. The third kappa shape index (κ3) is 6.15. The van der Waals surface area contributed by atoms with Gasteiger partial charge in [0.25, 0.3) is 0 Å². The zero-order valence-electron chi connectivity index (χ0n) is 17.6. The van der Waals surface area contributed by atoms with Gasteiger partial charge in [0.15, 0.2) is 0 Å².